The van der Waals surface area contributed by atoms with E-state index in [1.54, 1.807) is 6.08 Å². The van der Waals surface area contributed by atoms with Crippen molar-refractivity contribution < 1.29 is 32.9 Å². The number of carbonyl (C=O) groups excluding carboxylic acids is 1. The van der Waals surface area contributed by atoms with Gasteiger partial charge in [-0.3, -0.25) is 13.8 Å². The highest BCUT2D eigenvalue weighted by molar-refractivity contribution is 7.47. The lowest BCUT2D eigenvalue weighted by atomic mass is 10.0. The van der Waals surface area contributed by atoms with Gasteiger partial charge < -0.3 is 19.8 Å². The fourth-order valence-corrected chi connectivity index (χ4v) is 8.32. The van der Waals surface area contributed by atoms with E-state index < -0.39 is 20.0 Å². The smallest absolute Gasteiger partial charge is 0.387 e. The van der Waals surface area contributed by atoms with E-state index in [0.29, 0.717) is 17.4 Å². The largest absolute Gasteiger partial charge is 0.472 e. The molecule has 3 atom stereocenters. The first-order chi connectivity index (χ1) is 29.0. The molecule has 0 heterocycles. The van der Waals surface area contributed by atoms with Gasteiger partial charge in [-0.15, -0.1) is 0 Å². The van der Waals surface area contributed by atoms with Crippen molar-refractivity contribution >= 4 is 13.7 Å². The van der Waals surface area contributed by atoms with Gasteiger partial charge in [-0.05, 0) is 32.1 Å². The van der Waals surface area contributed by atoms with Crippen molar-refractivity contribution in [1.82, 2.24) is 5.32 Å². The van der Waals surface area contributed by atoms with Crippen molar-refractivity contribution in [2.45, 2.75) is 257 Å². The van der Waals surface area contributed by atoms with E-state index in [0.717, 1.165) is 38.5 Å². The van der Waals surface area contributed by atoms with Gasteiger partial charge in [0.25, 0.3) is 0 Å². The predicted molar refractivity (Wildman–Crippen MR) is 258 cm³/mol. The summed E-state index contributed by atoms with van der Waals surface area (Å²) < 4.78 is 23.6. The average molecular weight is 870 g/mol. The minimum Gasteiger partial charge on any atom is -0.387 e. The van der Waals surface area contributed by atoms with Gasteiger partial charge in [0, 0.05) is 6.42 Å². The molecule has 60 heavy (non-hydrogen) atoms. The highest BCUT2D eigenvalue weighted by Gasteiger charge is 2.27. The molecule has 0 aliphatic rings. The number of phosphoric ester groups is 1. The third-order valence-electron chi connectivity index (χ3n) is 11.7. The van der Waals surface area contributed by atoms with E-state index in [1.807, 2.05) is 27.2 Å². The van der Waals surface area contributed by atoms with Crippen LogP contribution in [0.25, 0.3) is 0 Å². The van der Waals surface area contributed by atoms with Gasteiger partial charge in [0.05, 0.1) is 39.9 Å². The summed E-state index contributed by atoms with van der Waals surface area (Å²) in [5.41, 5.74) is 0. The topological polar surface area (TPSA) is 105 Å². The number of aliphatic hydroxyl groups excluding tert-OH is 1. The number of allylic oxidation sites excluding steroid dienone is 3. The summed E-state index contributed by atoms with van der Waals surface area (Å²) in [6, 6.07) is -0.858. The molecule has 0 rings (SSSR count). The van der Waals surface area contributed by atoms with E-state index in [1.165, 1.54) is 186 Å². The molecule has 1 amide bonds. The number of likely N-dealkylation sites (N-methyl/N-ethyl adjacent to an activating group) is 1. The van der Waals surface area contributed by atoms with Gasteiger partial charge in [-0.2, -0.15) is 0 Å². The van der Waals surface area contributed by atoms with Gasteiger partial charge in [-0.1, -0.05) is 231 Å². The average Bonchev–Trinajstić information content (AvgIpc) is 3.20. The zero-order chi connectivity index (χ0) is 44.3. The van der Waals surface area contributed by atoms with Crippen LogP contribution in [0.3, 0.4) is 0 Å². The SMILES string of the molecule is CCCCCCC/C=C/CC/C=C/C(O)C(COP(=O)(O)OCC[N+](C)(C)C)NC(=O)CCCCCCCCCCCCCCCCCCCCCCCCCCCCC. The Hall–Kier alpha value is -1.02. The second-order valence-corrected chi connectivity index (χ2v) is 20.4. The fourth-order valence-electron chi connectivity index (χ4n) is 7.59. The van der Waals surface area contributed by atoms with Crippen LogP contribution in [-0.2, 0) is 18.4 Å². The van der Waals surface area contributed by atoms with Crippen molar-refractivity contribution in [2.75, 3.05) is 40.9 Å². The molecule has 8 nitrogen and oxygen atoms in total. The summed E-state index contributed by atoms with van der Waals surface area (Å²) in [6.07, 6.45) is 52.8. The number of carbonyl (C=O) groups is 1. The second-order valence-electron chi connectivity index (χ2n) is 18.9. The molecule has 0 saturated carbocycles. The number of amides is 1. The molecule has 0 aliphatic carbocycles. The van der Waals surface area contributed by atoms with Crippen LogP contribution < -0.4 is 5.32 Å². The molecule has 0 aromatic rings. The maximum Gasteiger partial charge on any atom is 0.472 e. The highest BCUT2D eigenvalue weighted by Crippen LogP contribution is 2.43. The number of nitrogens with one attached hydrogen (secondary N) is 1. The zero-order valence-corrected chi connectivity index (χ0v) is 41.4. The normalized spacial score (nSPS) is 14.3. The van der Waals surface area contributed by atoms with Crippen LogP contribution in [0.4, 0.5) is 0 Å². The monoisotopic (exact) mass is 870 g/mol. The van der Waals surface area contributed by atoms with E-state index in [-0.39, 0.29) is 19.1 Å². The van der Waals surface area contributed by atoms with Gasteiger partial charge in [0.1, 0.15) is 13.2 Å². The molecule has 0 aliphatic heterocycles. The molecule has 9 heteroatoms. The summed E-state index contributed by atoms with van der Waals surface area (Å²) in [7, 11) is 1.56. The minimum absolute atomic E-state index is 0.0582. The second kappa shape index (κ2) is 43.2. The van der Waals surface area contributed by atoms with E-state index in [4.69, 9.17) is 9.05 Å². The van der Waals surface area contributed by atoms with Gasteiger partial charge in [-0.25, -0.2) is 4.57 Å². The number of phosphoric acid groups is 1. The van der Waals surface area contributed by atoms with Gasteiger partial charge >= 0.3 is 7.82 Å². The maximum absolute atomic E-state index is 12.9. The predicted octanol–water partition coefficient (Wildman–Crippen LogP) is 14.9. The van der Waals surface area contributed by atoms with Gasteiger partial charge in [0.15, 0.2) is 0 Å². The molecule has 0 radical (unpaired) electrons. The van der Waals surface area contributed by atoms with E-state index in [2.05, 4.69) is 31.3 Å². The Balaban J connectivity index is 4.09. The van der Waals surface area contributed by atoms with Crippen molar-refractivity contribution in [1.29, 1.82) is 0 Å². The Morgan fingerprint density at radius 1 is 0.550 bits per heavy atom. The van der Waals surface area contributed by atoms with Crippen LogP contribution in [0.1, 0.15) is 245 Å². The van der Waals surface area contributed by atoms with Crippen LogP contribution in [0.5, 0.6) is 0 Å². The van der Waals surface area contributed by atoms with E-state index in [9.17, 15) is 19.4 Å². The Bertz CT molecular complexity index is 1030. The van der Waals surface area contributed by atoms with E-state index >= 15 is 0 Å². The molecule has 356 valence electrons. The zero-order valence-electron chi connectivity index (χ0n) is 40.5. The molecule has 3 unspecified atom stereocenters. The summed E-state index contributed by atoms with van der Waals surface area (Å²) in [6.45, 7) is 4.79. The summed E-state index contributed by atoms with van der Waals surface area (Å²) in [4.78, 5) is 23.1. The molecular weight excluding hydrogens is 768 g/mol. The van der Waals surface area contributed by atoms with Crippen LogP contribution in [0.2, 0.25) is 0 Å². The maximum atomic E-state index is 12.9. The Labute approximate surface area is 373 Å². The number of hydrogen-bond donors (Lipinski definition) is 3. The first-order valence-corrected chi connectivity index (χ1v) is 27.2. The van der Waals surface area contributed by atoms with Crippen LogP contribution in [0, 0.1) is 0 Å². The number of nitrogens with zero attached hydrogens (tertiary/aromatic N) is 1. The molecular formula is C51H102N2O6P+. The summed E-state index contributed by atoms with van der Waals surface area (Å²) >= 11 is 0. The Morgan fingerprint density at radius 2 is 0.917 bits per heavy atom. The fraction of sp³-hybridized carbons (Fsp3) is 0.902. The number of rotatable bonds is 47. The molecule has 3 N–H and O–H groups in total. The third kappa shape index (κ3) is 45.0. The molecule has 0 saturated heterocycles. The lowest BCUT2D eigenvalue weighted by molar-refractivity contribution is -0.870. The lowest BCUT2D eigenvalue weighted by Gasteiger charge is -2.25. The van der Waals surface area contributed by atoms with Crippen molar-refractivity contribution in [2.24, 2.45) is 0 Å². The van der Waals surface area contributed by atoms with Crippen LogP contribution >= 0.6 is 7.82 Å². The Morgan fingerprint density at radius 3 is 1.33 bits per heavy atom. The first kappa shape index (κ1) is 59.0. The Kier molecular flexibility index (Phi) is 42.5. The molecule has 0 aromatic carbocycles. The summed E-state index contributed by atoms with van der Waals surface area (Å²) in [5, 5.41) is 13.8. The lowest BCUT2D eigenvalue weighted by Crippen LogP contribution is -2.45. The minimum atomic E-state index is -4.34. The molecule has 0 fully saturated rings. The van der Waals surface area contributed by atoms with Crippen LogP contribution in [-0.4, -0.2) is 73.4 Å². The number of hydrogen-bond acceptors (Lipinski definition) is 5. The summed E-state index contributed by atoms with van der Waals surface area (Å²) in [5.74, 6) is -0.184. The highest BCUT2D eigenvalue weighted by atomic mass is 31.2. The number of unbranched alkanes of at least 4 members (excludes halogenated alkanes) is 32. The molecule has 0 aromatic heterocycles. The van der Waals surface area contributed by atoms with Crippen molar-refractivity contribution in [3.05, 3.63) is 24.3 Å². The first-order valence-electron chi connectivity index (χ1n) is 25.7. The standard InChI is InChI=1S/C51H101N2O6P/c1-6-8-10-12-14-16-18-19-20-21-22-23-24-25-26-27-28-29-30-31-32-33-35-37-39-41-43-45-51(55)52-49(48-59-60(56,57)58-47-46-53(3,4)5)50(54)44-42-40-38-36-34-17-15-13-11-9-7-2/h34,36,42,44,49-50,54H,6-33,35,37-41,43,45-48H2,1-5H3,(H-,52,55,56,57)/p+1/b36-34+,44-42+. The number of quaternary nitrogens is 1. The molecule has 0 spiro atoms. The van der Waals surface area contributed by atoms with Gasteiger partial charge in [0.2, 0.25) is 5.91 Å². The van der Waals surface area contributed by atoms with Crippen molar-refractivity contribution in [3.63, 3.8) is 0 Å². The third-order valence-corrected chi connectivity index (χ3v) is 12.7. The quantitative estimate of drug-likeness (QED) is 0.0243. The van der Waals surface area contributed by atoms with Crippen molar-refractivity contribution in [3.8, 4) is 0 Å². The number of aliphatic hydroxyl groups is 1. The molecule has 0 bridgehead atoms. The van der Waals surface area contributed by atoms with Crippen LogP contribution in [0.15, 0.2) is 24.3 Å².